The Kier molecular flexibility index (Phi) is 4.20. The van der Waals surface area contributed by atoms with Crippen molar-refractivity contribution in [1.29, 1.82) is 0 Å². The van der Waals surface area contributed by atoms with Crippen LogP contribution in [0.2, 0.25) is 0 Å². The maximum absolute atomic E-state index is 12.4. The predicted molar refractivity (Wildman–Crippen MR) is 91.8 cm³/mol. The lowest BCUT2D eigenvalue weighted by molar-refractivity contribution is 0.0935. The average Bonchev–Trinajstić information content (AvgIpc) is 2.54. The molecular formula is C18H15BrN2O. The van der Waals surface area contributed by atoms with Gasteiger partial charge in [0.15, 0.2) is 0 Å². The third kappa shape index (κ3) is 3.17. The van der Waals surface area contributed by atoms with E-state index in [-0.39, 0.29) is 11.9 Å². The fourth-order valence-corrected chi connectivity index (χ4v) is 2.74. The quantitative estimate of drug-likeness (QED) is 0.752. The number of aromatic nitrogens is 1. The number of nitrogens with one attached hydrogen (secondary N) is 1. The maximum Gasteiger partial charge on any atom is 0.270 e. The number of rotatable bonds is 3. The number of hydrogen-bond acceptors (Lipinski definition) is 2. The first-order valence-corrected chi connectivity index (χ1v) is 7.85. The van der Waals surface area contributed by atoms with Crippen LogP contribution in [0.1, 0.15) is 29.0 Å². The molecule has 1 aromatic heterocycles. The van der Waals surface area contributed by atoms with E-state index in [1.165, 1.54) is 0 Å². The molecule has 1 N–H and O–H groups in total. The Balaban J connectivity index is 1.80. The highest BCUT2D eigenvalue weighted by atomic mass is 79.9. The first kappa shape index (κ1) is 14.7. The number of pyridine rings is 1. The van der Waals surface area contributed by atoms with Crippen LogP contribution in [-0.2, 0) is 0 Å². The third-order valence-corrected chi connectivity index (χ3v) is 4.02. The van der Waals surface area contributed by atoms with Crippen LogP contribution < -0.4 is 5.32 Å². The minimum absolute atomic E-state index is 0.0849. The van der Waals surface area contributed by atoms with Gasteiger partial charge in [-0.25, -0.2) is 4.98 Å². The molecule has 0 fully saturated rings. The molecule has 0 saturated carbocycles. The van der Waals surface area contributed by atoms with Gasteiger partial charge in [0.05, 0.1) is 11.6 Å². The molecule has 22 heavy (non-hydrogen) atoms. The topological polar surface area (TPSA) is 42.0 Å². The molecule has 0 spiro atoms. The summed E-state index contributed by atoms with van der Waals surface area (Å²) in [5.74, 6) is -0.168. The van der Waals surface area contributed by atoms with Crippen LogP contribution in [0.25, 0.3) is 10.9 Å². The Morgan fingerprint density at radius 3 is 2.73 bits per heavy atom. The van der Waals surface area contributed by atoms with Crippen LogP contribution in [0, 0.1) is 0 Å². The van der Waals surface area contributed by atoms with E-state index in [2.05, 4.69) is 26.2 Å². The molecule has 1 heterocycles. The van der Waals surface area contributed by atoms with Gasteiger partial charge in [0.1, 0.15) is 5.69 Å². The van der Waals surface area contributed by atoms with Crippen molar-refractivity contribution in [2.45, 2.75) is 13.0 Å². The maximum atomic E-state index is 12.4. The summed E-state index contributed by atoms with van der Waals surface area (Å²) in [6, 6.07) is 19.3. The second-order valence-electron chi connectivity index (χ2n) is 5.14. The van der Waals surface area contributed by atoms with Gasteiger partial charge in [-0.15, -0.1) is 0 Å². The third-order valence-electron chi connectivity index (χ3n) is 3.53. The lowest BCUT2D eigenvalue weighted by Crippen LogP contribution is -2.27. The van der Waals surface area contributed by atoms with E-state index < -0.39 is 0 Å². The van der Waals surface area contributed by atoms with Crippen LogP contribution in [0.15, 0.2) is 65.1 Å². The zero-order valence-electron chi connectivity index (χ0n) is 12.1. The van der Waals surface area contributed by atoms with Gasteiger partial charge >= 0.3 is 0 Å². The largest absolute Gasteiger partial charge is 0.344 e. The molecule has 1 unspecified atom stereocenters. The molecule has 1 amide bonds. The van der Waals surface area contributed by atoms with Gasteiger partial charge in [0.25, 0.3) is 5.91 Å². The van der Waals surface area contributed by atoms with Crippen LogP contribution >= 0.6 is 15.9 Å². The van der Waals surface area contributed by atoms with Crippen LogP contribution in [-0.4, -0.2) is 10.9 Å². The van der Waals surface area contributed by atoms with E-state index in [1.54, 1.807) is 6.07 Å². The minimum atomic E-state index is -0.168. The molecule has 0 aliphatic rings. The standard InChI is InChI=1S/C18H15BrN2O/c1-12(14-6-4-7-15(19)11-14)20-18(22)17-10-9-13-5-2-3-8-16(13)21-17/h2-12H,1H3,(H,20,22). The summed E-state index contributed by atoms with van der Waals surface area (Å²) in [5, 5.41) is 4.01. The molecule has 0 bridgehead atoms. The molecule has 3 rings (SSSR count). The molecule has 2 aromatic carbocycles. The zero-order chi connectivity index (χ0) is 15.5. The van der Waals surface area contributed by atoms with E-state index in [0.29, 0.717) is 5.69 Å². The average molecular weight is 355 g/mol. The van der Waals surface area contributed by atoms with Gasteiger partial charge in [0, 0.05) is 9.86 Å². The summed E-state index contributed by atoms with van der Waals surface area (Å²) >= 11 is 3.44. The molecule has 1 atom stereocenters. The summed E-state index contributed by atoms with van der Waals surface area (Å²) in [4.78, 5) is 16.8. The fraction of sp³-hybridized carbons (Fsp3) is 0.111. The molecule has 3 nitrogen and oxygen atoms in total. The summed E-state index contributed by atoms with van der Waals surface area (Å²) in [6.07, 6.45) is 0. The number of nitrogens with zero attached hydrogens (tertiary/aromatic N) is 1. The van der Waals surface area contributed by atoms with Gasteiger partial charge in [0.2, 0.25) is 0 Å². The highest BCUT2D eigenvalue weighted by Crippen LogP contribution is 2.18. The number of carbonyl (C=O) groups excluding carboxylic acids is 1. The van der Waals surface area contributed by atoms with Crippen LogP contribution in [0.4, 0.5) is 0 Å². The molecule has 0 radical (unpaired) electrons. The van der Waals surface area contributed by atoms with Crippen molar-refractivity contribution in [3.63, 3.8) is 0 Å². The van der Waals surface area contributed by atoms with Crippen molar-refractivity contribution in [1.82, 2.24) is 10.3 Å². The van der Waals surface area contributed by atoms with E-state index in [9.17, 15) is 4.79 Å². The van der Waals surface area contributed by atoms with Crippen molar-refractivity contribution >= 4 is 32.7 Å². The Bertz CT molecular complexity index is 832. The molecule has 110 valence electrons. The highest BCUT2D eigenvalue weighted by molar-refractivity contribution is 9.10. The normalized spacial score (nSPS) is 12.1. The lowest BCUT2D eigenvalue weighted by atomic mass is 10.1. The minimum Gasteiger partial charge on any atom is -0.344 e. The number of fused-ring (bicyclic) bond motifs is 1. The van der Waals surface area contributed by atoms with Gasteiger partial charge in [-0.2, -0.15) is 0 Å². The first-order valence-electron chi connectivity index (χ1n) is 7.05. The zero-order valence-corrected chi connectivity index (χ0v) is 13.7. The molecule has 0 aliphatic heterocycles. The smallest absolute Gasteiger partial charge is 0.270 e. The monoisotopic (exact) mass is 354 g/mol. The van der Waals surface area contributed by atoms with Crippen molar-refractivity contribution in [2.24, 2.45) is 0 Å². The lowest BCUT2D eigenvalue weighted by Gasteiger charge is -2.14. The number of halogens is 1. The highest BCUT2D eigenvalue weighted by Gasteiger charge is 2.13. The number of para-hydroxylation sites is 1. The Labute approximate surface area is 137 Å². The Morgan fingerprint density at radius 1 is 1.09 bits per heavy atom. The van der Waals surface area contributed by atoms with Crippen molar-refractivity contribution < 1.29 is 4.79 Å². The van der Waals surface area contributed by atoms with Crippen LogP contribution in [0.5, 0.6) is 0 Å². The molecular weight excluding hydrogens is 340 g/mol. The summed E-state index contributed by atoms with van der Waals surface area (Å²) < 4.78 is 0.995. The molecule has 0 saturated heterocycles. The second kappa shape index (κ2) is 6.28. The number of amides is 1. The summed E-state index contributed by atoms with van der Waals surface area (Å²) in [5.41, 5.74) is 2.30. The summed E-state index contributed by atoms with van der Waals surface area (Å²) in [6.45, 7) is 1.96. The van der Waals surface area contributed by atoms with Gasteiger partial charge in [-0.05, 0) is 36.8 Å². The molecule has 4 heteroatoms. The SMILES string of the molecule is CC(NC(=O)c1ccc2ccccc2n1)c1cccc(Br)c1. The van der Waals surface area contributed by atoms with E-state index in [1.807, 2.05) is 61.5 Å². The predicted octanol–water partition coefficient (Wildman–Crippen LogP) is 4.49. The summed E-state index contributed by atoms with van der Waals surface area (Å²) in [7, 11) is 0. The van der Waals surface area contributed by atoms with Crippen molar-refractivity contribution in [3.05, 3.63) is 76.4 Å². The van der Waals surface area contributed by atoms with Gasteiger partial charge in [-0.3, -0.25) is 4.79 Å². The van der Waals surface area contributed by atoms with Crippen LogP contribution in [0.3, 0.4) is 0 Å². The van der Waals surface area contributed by atoms with E-state index in [4.69, 9.17) is 0 Å². The number of carbonyl (C=O) groups is 1. The molecule has 3 aromatic rings. The number of benzene rings is 2. The molecule has 0 aliphatic carbocycles. The second-order valence-corrected chi connectivity index (χ2v) is 6.06. The first-order chi connectivity index (χ1) is 10.6. The van der Waals surface area contributed by atoms with Gasteiger partial charge in [-0.1, -0.05) is 52.3 Å². The van der Waals surface area contributed by atoms with Crippen molar-refractivity contribution in [2.75, 3.05) is 0 Å². The fourth-order valence-electron chi connectivity index (χ4n) is 2.32. The van der Waals surface area contributed by atoms with Gasteiger partial charge < -0.3 is 5.32 Å². The van der Waals surface area contributed by atoms with E-state index in [0.717, 1.165) is 20.9 Å². The Hall–Kier alpha value is -2.20. The Morgan fingerprint density at radius 2 is 1.91 bits per heavy atom. The van der Waals surface area contributed by atoms with Crippen molar-refractivity contribution in [3.8, 4) is 0 Å². The van der Waals surface area contributed by atoms with E-state index >= 15 is 0 Å². The number of hydrogen-bond donors (Lipinski definition) is 1.